The van der Waals surface area contributed by atoms with Gasteiger partial charge in [-0.2, -0.15) is 0 Å². The summed E-state index contributed by atoms with van der Waals surface area (Å²) in [6.45, 7) is 1.97. The summed E-state index contributed by atoms with van der Waals surface area (Å²) in [5, 5.41) is 26.6. The number of carboxylic acid groups (broad SMARTS) is 1. The average Bonchev–Trinajstić information content (AvgIpc) is 3.90. The van der Waals surface area contributed by atoms with Gasteiger partial charge in [-0.25, -0.2) is 18.6 Å². The van der Waals surface area contributed by atoms with E-state index in [0.717, 1.165) is 47.8 Å². The monoisotopic (exact) mass is 740 g/mol. The van der Waals surface area contributed by atoms with Gasteiger partial charge in [-0.05, 0) is 24.5 Å². The molecule has 15 nitrogen and oxygen atoms in total. The number of hydrogen-bond acceptors (Lipinski definition) is 11. The lowest BCUT2D eigenvalue weighted by Gasteiger charge is -2.50. The van der Waals surface area contributed by atoms with Crippen LogP contribution in [0.5, 0.6) is 0 Å². The molecular formula is C31H30ClFN10O5S2. The molecule has 260 valence electrons. The second kappa shape index (κ2) is 13.4. The summed E-state index contributed by atoms with van der Waals surface area (Å²) in [6, 6.07) is 5.65. The number of imidazole rings is 1. The van der Waals surface area contributed by atoms with Gasteiger partial charge in [0.25, 0.3) is 11.8 Å². The second-order valence-corrected chi connectivity index (χ2v) is 14.5. The summed E-state index contributed by atoms with van der Waals surface area (Å²) in [5.74, 6) is -2.78. The number of nitrogens with one attached hydrogen (secondary N) is 2. The number of aromatic nitrogens is 4. The fourth-order valence-electron chi connectivity index (χ4n) is 6.38. The van der Waals surface area contributed by atoms with E-state index in [1.807, 2.05) is 15.5 Å². The zero-order valence-electron chi connectivity index (χ0n) is 26.5. The highest BCUT2D eigenvalue weighted by atomic mass is 35.5. The van der Waals surface area contributed by atoms with Crippen molar-refractivity contribution in [3.8, 4) is 0 Å². The van der Waals surface area contributed by atoms with Crippen molar-refractivity contribution in [3.05, 3.63) is 81.1 Å². The van der Waals surface area contributed by atoms with E-state index >= 15 is 4.39 Å². The summed E-state index contributed by atoms with van der Waals surface area (Å²) in [6.07, 6.45) is 7.41. The molecule has 1 aromatic carbocycles. The molecule has 0 radical (unpaired) electrons. The van der Waals surface area contributed by atoms with Gasteiger partial charge in [0.15, 0.2) is 17.0 Å². The summed E-state index contributed by atoms with van der Waals surface area (Å²) in [7, 11) is 1.23. The first kappa shape index (κ1) is 33.6. The quantitative estimate of drug-likeness (QED) is 0.0694. The van der Waals surface area contributed by atoms with Gasteiger partial charge in [0, 0.05) is 30.0 Å². The molecule has 0 unspecified atom stereocenters. The van der Waals surface area contributed by atoms with Gasteiger partial charge >= 0.3 is 5.65 Å². The molecule has 0 spiro atoms. The Morgan fingerprint density at radius 2 is 2.06 bits per heavy atom. The molecule has 4 N–H and O–H groups in total. The first-order chi connectivity index (χ1) is 24.0. The Morgan fingerprint density at radius 1 is 1.28 bits per heavy atom. The number of carbonyl (C=O) groups excluding carboxylic acids is 3. The standard InChI is InChI=1S/C31H30ClFN10O5S2/c1-48-38-22(21-25(32)50-31(35)37-21)27(44)36-23-28(45)43-24(30(46)47)18(15-49-29(23)43)14-41-9-6-20-40(10-11-42(20)41)13-17-5-4-16(12-19(17)33)26(34)39-7-2-3-8-39/h4-6,9-12,23,29,34H,2-3,7-8,13-15H2,1H3,(H3-,35,36,37,44,46,47)/b34-26?,38-22-/t23-,29-/m1/s1. The average molecular weight is 741 g/mol. The van der Waals surface area contributed by atoms with Crippen LogP contribution in [0.2, 0.25) is 4.34 Å². The molecule has 0 aliphatic carbocycles. The number of anilines is 1. The molecule has 0 bridgehead atoms. The number of carboxylic acids is 1. The lowest BCUT2D eigenvalue weighted by Crippen LogP contribution is -2.71. The van der Waals surface area contributed by atoms with Crippen LogP contribution in [0.4, 0.5) is 9.52 Å². The molecule has 2 fully saturated rings. The van der Waals surface area contributed by atoms with Crippen molar-refractivity contribution < 1.29 is 33.3 Å². The number of amides is 2. The highest BCUT2D eigenvalue weighted by molar-refractivity contribution is 8.00. The minimum atomic E-state index is -1.52. The largest absolute Gasteiger partial charge is 0.543 e. The van der Waals surface area contributed by atoms with Crippen LogP contribution in [0, 0.1) is 11.2 Å². The number of nitrogens with zero attached hydrogens (tertiary/aromatic N) is 7. The molecule has 2 amide bonds. The normalized spacial score (nSPS) is 19.2. The number of β-lactam (4-membered cyclic amide) rings is 1. The summed E-state index contributed by atoms with van der Waals surface area (Å²) in [5.41, 5.74) is 7.33. The number of carbonyl (C=O) groups is 3. The number of benzene rings is 1. The van der Waals surface area contributed by atoms with Crippen LogP contribution < -0.4 is 20.7 Å². The fraction of sp³-hybridized carbons (Fsp3) is 0.323. The predicted octanol–water partition coefficient (Wildman–Crippen LogP) is 0.784. The number of aliphatic carboxylic acids is 1. The molecule has 4 aromatic rings. The minimum Gasteiger partial charge on any atom is -0.543 e. The molecule has 6 heterocycles. The van der Waals surface area contributed by atoms with Crippen LogP contribution in [-0.4, -0.2) is 90.7 Å². The van der Waals surface area contributed by atoms with Gasteiger partial charge in [0.1, 0.15) is 53.0 Å². The van der Waals surface area contributed by atoms with E-state index < -0.39 is 35.0 Å². The molecule has 50 heavy (non-hydrogen) atoms. The number of nitrogens with two attached hydrogens (primary N) is 1. The van der Waals surface area contributed by atoms with Crippen LogP contribution >= 0.6 is 34.7 Å². The number of rotatable bonds is 10. The smallest absolute Gasteiger partial charge is 0.307 e. The van der Waals surface area contributed by atoms with Crippen molar-refractivity contribution in [3.63, 3.8) is 0 Å². The first-order valence-corrected chi connectivity index (χ1v) is 17.7. The molecule has 3 aromatic heterocycles. The molecule has 2 atom stereocenters. The maximum Gasteiger partial charge on any atom is 0.307 e. The lowest BCUT2D eigenvalue weighted by atomic mass is 10.0. The number of likely N-dealkylation sites (tertiary alicyclic amines) is 1. The number of thiazole rings is 1. The number of nitrogen functional groups attached to an aromatic ring is 1. The van der Waals surface area contributed by atoms with Crippen molar-refractivity contribution in [2.75, 3.05) is 31.7 Å². The Hall–Kier alpha value is -4.94. The Kier molecular flexibility index (Phi) is 9.00. The first-order valence-electron chi connectivity index (χ1n) is 15.5. The zero-order valence-corrected chi connectivity index (χ0v) is 28.9. The summed E-state index contributed by atoms with van der Waals surface area (Å²) < 4.78 is 20.8. The van der Waals surface area contributed by atoms with Gasteiger partial charge in [0.2, 0.25) is 0 Å². The van der Waals surface area contributed by atoms with Crippen molar-refractivity contribution in [1.29, 1.82) is 5.41 Å². The molecule has 7 rings (SSSR count). The van der Waals surface area contributed by atoms with E-state index in [-0.39, 0.29) is 45.4 Å². The highest BCUT2D eigenvalue weighted by Gasteiger charge is 2.53. The Morgan fingerprint density at radius 3 is 2.74 bits per heavy atom. The SMILES string of the molecule is CO/N=C(\C(=O)N[C@@H]1C(=O)N2C(C(=O)[O-])=C(Cn3ccc4n3cc[n+]4Cc3ccc(C(=N)N4CCCC4)cc3F)CS[C@H]12)c1nc(N)sc1Cl. The van der Waals surface area contributed by atoms with Crippen molar-refractivity contribution in [2.24, 2.45) is 5.16 Å². The number of oxime groups is 1. The lowest BCUT2D eigenvalue weighted by molar-refractivity contribution is -0.662. The Balaban J connectivity index is 1.06. The van der Waals surface area contributed by atoms with E-state index in [1.165, 1.54) is 24.9 Å². The van der Waals surface area contributed by atoms with Crippen LogP contribution in [-0.2, 0) is 32.3 Å². The molecule has 3 aliphatic heterocycles. The van der Waals surface area contributed by atoms with Gasteiger partial charge < -0.3 is 30.7 Å². The van der Waals surface area contributed by atoms with Crippen LogP contribution in [0.15, 0.2) is 59.3 Å². The summed E-state index contributed by atoms with van der Waals surface area (Å²) in [4.78, 5) is 50.8. The van der Waals surface area contributed by atoms with Crippen molar-refractivity contribution in [1.82, 2.24) is 29.3 Å². The molecule has 0 saturated carbocycles. The van der Waals surface area contributed by atoms with Crippen molar-refractivity contribution in [2.45, 2.75) is 37.3 Å². The Labute approximate surface area is 297 Å². The maximum atomic E-state index is 15.2. The van der Waals surface area contributed by atoms with E-state index in [4.69, 9.17) is 27.6 Å². The highest BCUT2D eigenvalue weighted by Crippen LogP contribution is 2.40. The fourth-order valence-corrected chi connectivity index (χ4v) is 8.64. The van der Waals surface area contributed by atoms with Crippen LogP contribution in [0.25, 0.3) is 5.65 Å². The zero-order chi connectivity index (χ0) is 35.3. The molecule has 3 aliphatic rings. The number of amidine groups is 1. The number of fused-ring (bicyclic) bond motifs is 2. The van der Waals surface area contributed by atoms with Gasteiger partial charge in [-0.1, -0.05) is 40.2 Å². The van der Waals surface area contributed by atoms with E-state index in [2.05, 4.69) is 15.5 Å². The molecule has 2 saturated heterocycles. The third kappa shape index (κ3) is 5.96. The second-order valence-electron chi connectivity index (χ2n) is 11.8. The summed E-state index contributed by atoms with van der Waals surface area (Å²) >= 11 is 8.39. The van der Waals surface area contributed by atoms with E-state index in [9.17, 15) is 19.5 Å². The predicted molar refractivity (Wildman–Crippen MR) is 181 cm³/mol. The van der Waals surface area contributed by atoms with Gasteiger partial charge in [-0.3, -0.25) is 19.9 Å². The number of thioether (sulfide) groups is 1. The molecule has 19 heteroatoms. The van der Waals surface area contributed by atoms with Gasteiger partial charge in [-0.15, -0.1) is 16.3 Å². The minimum absolute atomic E-state index is 0.00670. The van der Waals surface area contributed by atoms with Crippen LogP contribution in [0.3, 0.4) is 0 Å². The van der Waals surface area contributed by atoms with E-state index in [0.29, 0.717) is 22.5 Å². The third-order valence-electron chi connectivity index (χ3n) is 8.78. The number of halogens is 2. The number of hydrogen-bond donors (Lipinski definition) is 3. The maximum absolute atomic E-state index is 15.2. The van der Waals surface area contributed by atoms with Crippen LogP contribution in [0.1, 0.15) is 29.7 Å². The molecular weight excluding hydrogens is 711 g/mol. The topological polar surface area (TPSA) is 190 Å². The van der Waals surface area contributed by atoms with Gasteiger partial charge in [0.05, 0.1) is 30.5 Å². The van der Waals surface area contributed by atoms with E-state index in [1.54, 1.807) is 39.9 Å². The Bertz CT molecular complexity index is 2120. The third-order valence-corrected chi connectivity index (χ3v) is 11.2. The van der Waals surface area contributed by atoms with Crippen molar-refractivity contribution >= 4 is 74.8 Å².